The molecule has 0 bridgehead atoms. The molecule has 5 N–H and O–H groups in total. The highest BCUT2D eigenvalue weighted by Gasteiger charge is 1.87. The Morgan fingerprint density at radius 3 is 2.43 bits per heavy atom. The van der Waals surface area contributed by atoms with Crippen LogP contribution in [0.3, 0.4) is 0 Å². The maximum Gasteiger partial charge on any atom is 0.0617 e. The zero-order valence-electron chi connectivity index (χ0n) is 3.92. The lowest BCUT2D eigenvalue weighted by Crippen LogP contribution is -2.38. The zero-order chi connectivity index (χ0) is 5.70. The van der Waals surface area contributed by atoms with Crippen molar-refractivity contribution in [2.75, 3.05) is 7.11 Å². The smallest absolute Gasteiger partial charge is 0.0617 e. The molecule has 0 aliphatic rings. The Labute approximate surface area is 40.8 Å². The number of rotatable bonds is 3. The van der Waals surface area contributed by atoms with Crippen LogP contribution in [0.2, 0.25) is 0 Å². The predicted octanol–water partition coefficient (Wildman–Crippen LogP) is -1.97. The third kappa shape index (κ3) is 3.59. The number of hydrogen-bond acceptors (Lipinski definition) is 6. The van der Waals surface area contributed by atoms with Crippen LogP contribution in [0, 0.1) is 0 Å². The monoisotopic (exact) mass is 108 g/mol. The minimum Gasteiger partial charge on any atom is -0.263 e. The average Bonchev–Trinajstić information content (AvgIpc) is 1.68. The lowest BCUT2D eigenvalue weighted by Gasteiger charge is -2.08. The Hall–Kier alpha value is -0.240. The van der Waals surface area contributed by atoms with Gasteiger partial charge < -0.3 is 0 Å². The number of nitrogens with zero attached hydrogens (tertiary/aromatic N) is 1. The molecule has 0 aliphatic carbocycles. The first-order valence-corrected chi connectivity index (χ1v) is 1.52. The fourth-order valence-corrected chi connectivity index (χ4v) is 0.0892. The fourth-order valence-electron chi connectivity index (χ4n) is 0.0892. The average molecular weight is 108 g/mol. The third-order valence-corrected chi connectivity index (χ3v) is 0.323. The maximum atomic E-state index is 4.83. The van der Waals surface area contributed by atoms with Gasteiger partial charge in [0.25, 0.3) is 0 Å². The number of hydrazine groups is 2. The molecule has 0 saturated carbocycles. The Morgan fingerprint density at radius 2 is 2.29 bits per heavy atom. The van der Waals surface area contributed by atoms with Crippen LogP contribution in [0.5, 0.6) is 0 Å². The molecule has 0 aliphatic heterocycles. The van der Waals surface area contributed by atoms with Gasteiger partial charge >= 0.3 is 0 Å². The maximum absolute atomic E-state index is 4.83. The molecule has 0 unspecified atom stereocenters. The summed E-state index contributed by atoms with van der Waals surface area (Å²) in [5.74, 6) is 9.46. The van der Waals surface area contributed by atoms with Crippen molar-refractivity contribution in [1.29, 1.82) is 0 Å². The largest absolute Gasteiger partial charge is 0.263 e. The third-order valence-electron chi connectivity index (χ3n) is 0.323. The highest BCUT2D eigenvalue weighted by molar-refractivity contribution is 3.75. The van der Waals surface area contributed by atoms with Gasteiger partial charge in [-0.25, -0.2) is 11.7 Å². The second-order valence-electron chi connectivity index (χ2n) is 0.677. The van der Waals surface area contributed by atoms with E-state index in [0.717, 1.165) is 0 Å². The van der Waals surface area contributed by atoms with Gasteiger partial charge in [0, 0.05) is 5.34 Å². The van der Waals surface area contributed by atoms with Crippen molar-refractivity contribution in [2.45, 2.75) is 0 Å². The van der Waals surface area contributed by atoms with Gasteiger partial charge in [0.05, 0.1) is 7.11 Å². The van der Waals surface area contributed by atoms with E-state index in [1.807, 2.05) is 0 Å². The molecule has 0 spiro atoms. The van der Waals surface area contributed by atoms with E-state index in [0.29, 0.717) is 5.34 Å². The summed E-state index contributed by atoms with van der Waals surface area (Å²) in [4.78, 5) is 8.34. The second-order valence-corrected chi connectivity index (χ2v) is 0.677. The van der Waals surface area contributed by atoms with Gasteiger partial charge in [0.1, 0.15) is 0 Å². The second kappa shape index (κ2) is 3.93. The van der Waals surface area contributed by atoms with Crippen molar-refractivity contribution in [3.05, 3.63) is 0 Å². The van der Waals surface area contributed by atoms with Crippen LogP contribution in [0.25, 0.3) is 0 Å². The number of hydrogen-bond donors (Lipinski definition) is 3. The van der Waals surface area contributed by atoms with E-state index in [4.69, 9.17) is 5.84 Å². The molecule has 44 valence electrons. The predicted molar refractivity (Wildman–Crippen MR) is 21.4 cm³/mol. The lowest BCUT2D eigenvalue weighted by atomic mass is 11.7. The molecule has 0 aromatic heterocycles. The van der Waals surface area contributed by atoms with Crippen LogP contribution in [0.15, 0.2) is 0 Å². The molecule has 0 fully saturated rings. The molecule has 0 heterocycles. The SMILES string of the molecule is CON(N)ONN. The van der Waals surface area contributed by atoms with Crippen molar-refractivity contribution in [1.82, 2.24) is 10.9 Å². The summed E-state index contributed by atoms with van der Waals surface area (Å²) in [6.07, 6.45) is 0. The van der Waals surface area contributed by atoms with Gasteiger partial charge in [-0.05, 0) is 0 Å². The van der Waals surface area contributed by atoms with Gasteiger partial charge in [-0.1, -0.05) is 0 Å². The molecule has 6 heteroatoms. The summed E-state index contributed by atoms with van der Waals surface area (Å²) in [6.45, 7) is 0. The van der Waals surface area contributed by atoms with Crippen LogP contribution in [0.4, 0.5) is 0 Å². The number of nitrogens with two attached hydrogens (primary N) is 2. The van der Waals surface area contributed by atoms with Crippen molar-refractivity contribution in [3.8, 4) is 0 Å². The molecular formula is CH8N4O2. The standard InChI is InChI=1S/CH8N4O2/c1-6-5(3)7-4-2/h4H,2-3H2,1H3. The Kier molecular flexibility index (Phi) is 3.80. The molecule has 0 amide bonds. The minimum atomic E-state index is 0.569. The van der Waals surface area contributed by atoms with Crippen LogP contribution in [0.1, 0.15) is 0 Å². The molecular weight excluding hydrogens is 100 g/mol. The Bertz CT molecular complexity index is 40.7. The normalized spacial score (nSPS) is 10.3. The van der Waals surface area contributed by atoms with E-state index < -0.39 is 0 Å². The molecule has 6 nitrogen and oxygen atoms in total. The molecule has 0 saturated heterocycles. The lowest BCUT2D eigenvalue weighted by molar-refractivity contribution is -0.387. The molecule has 0 aromatic carbocycles. The minimum absolute atomic E-state index is 0.569. The van der Waals surface area contributed by atoms with Crippen molar-refractivity contribution in [2.24, 2.45) is 11.7 Å². The van der Waals surface area contributed by atoms with Crippen molar-refractivity contribution < 1.29 is 9.78 Å². The summed E-state index contributed by atoms with van der Waals surface area (Å²) < 4.78 is 0. The first-order chi connectivity index (χ1) is 3.31. The highest BCUT2D eigenvalue weighted by Crippen LogP contribution is 1.68. The summed E-state index contributed by atoms with van der Waals surface area (Å²) in [6, 6.07) is 0. The van der Waals surface area contributed by atoms with E-state index in [1.54, 1.807) is 5.59 Å². The molecule has 0 radical (unpaired) electrons. The first kappa shape index (κ1) is 6.76. The summed E-state index contributed by atoms with van der Waals surface area (Å²) in [5.41, 5.74) is 1.79. The van der Waals surface area contributed by atoms with E-state index in [9.17, 15) is 0 Å². The quantitative estimate of drug-likeness (QED) is 0.287. The number of nitrogens with one attached hydrogen (secondary N) is 1. The van der Waals surface area contributed by atoms with Gasteiger partial charge in [-0.2, -0.15) is 4.94 Å². The molecule has 0 rings (SSSR count). The van der Waals surface area contributed by atoms with Gasteiger partial charge in [-0.3, -0.25) is 4.84 Å². The van der Waals surface area contributed by atoms with Crippen molar-refractivity contribution >= 4 is 0 Å². The zero-order valence-corrected chi connectivity index (χ0v) is 3.92. The Balaban J connectivity index is 2.83. The topological polar surface area (TPSA) is 85.8 Å². The van der Waals surface area contributed by atoms with Crippen LogP contribution < -0.4 is 17.3 Å². The summed E-state index contributed by atoms with van der Waals surface area (Å²) in [7, 11) is 1.33. The van der Waals surface area contributed by atoms with E-state index in [1.165, 1.54) is 7.11 Å². The van der Waals surface area contributed by atoms with E-state index in [2.05, 4.69) is 15.6 Å². The fraction of sp³-hybridized carbons (Fsp3) is 1.00. The molecule has 7 heavy (non-hydrogen) atoms. The Morgan fingerprint density at radius 1 is 1.71 bits per heavy atom. The van der Waals surface area contributed by atoms with Crippen LogP contribution >= 0.6 is 0 Å². The van der Waals surface area contributed by atoms with Gasteiger partial charge in [-0.15, -0.1) is 5.59 Å². The first-order valence-electron chi connectivity index (χ1n) is 1.52. The van der Waals surface area contributed by atoms with Crippen LogP contribution in [-0.4, -0.2) is 12.4 Å². The highest BCUT2D eigenvalue weighted by atomic mass is 17.0. The van der Waals surface area contributed by atoms with Gasteiger partial charge in [0.15, 0.2) is 0 Å². The van der Waals surface area contributed by atoms with Crippen molar-refractivity contribution in [3.63, 3.8) is 0 Å². The molecule has 0 atom stereocenters. The summed E-state index contributed by atoms with van der Waals surface area (Å²) in [5, 5.41) is 0.569. The van der Waals surface area contributed by atoms with Crippen LogP contribution in [-0.2, 0) is 9.78 Å². The van der Waals surface area contributed by atoms with E-state index in [-0.39, 0.29) is 0 Å². The summed E-state index contributed by atoms with van der Waals surface area (Å²) >= 11 is 0. The van der Waals surface area contributed by atoms with E-state index >= 15 is 0 Å². The van der Waals surface area contributed by atoms with Gasteiger partial charge in [0.2, 0.25) is 0 Å². The molecule has 0 aromatic rings.